The largest absolute Gasteiger partial charge is 0.398 e. The van der Waals surface area contributed by atoms with Crippen molar-refractivity contribution in [3.63, 3.8) is 0 Å². The zero-order valence-corrected chi connectivity index (χ0v) is 15.2. The number of hydrogen-bond donors (Lipinski definition) is 1. The molecule has 0 aliphatic heterocycles. The summed E-state index contributed by atoms with van der Waals surface area (Å²) in [6.45, 7) is 0. The third-order valence-corrected chi connectivity index (χ3v) is 3.33. The number of rotatable bonds is 3. The molecule has 0 radical (unpaired) electrons. The van der Waals surface area contributed by atoms with Gasteiger partial charge in [-0.05, 0) is 18.2 Å². The third kappa shape index (κ3) is 5.30. The van der Waals surface area contributed by atoms with Gasteiger partial charge in [-0.2, -0.15) is 0 Å². The number of anilines is 1. The third-order valence-electron chi connectivity index (χ3n) is 3.33. The molecule has 2 aromatic rings. The average Bonchev–Trinajstić information content (AvgIpc) is 2.61. The fraction of sp³-hybridized carbons (Fsp3) is 0.222. The molecule has 2 rings (SSSR count). The van der Waals surface area contributed by atoms with Crippen LogP contribution in [0.3, 0.4) is 0 Å². The number of carbonyl (C=O) groups is 2. The molecule has 8 nitrogen and oxygen atoms in total. The normalized spacial score (nSPS) is 9.54. The van der Waals surface area contributed by atoms with Gasteiger partial charge in [0.05, 0.1) is 10.5 Å². The SMILES string of the molecule is CN(C)C(=O)c1ccccc1N.CN(C)C(=O)c1ccccc1[N+](=O)[O-]. The fourth-order valence-corrected chi connectivity index (χ4v) is 1.99. The van der Waals surface area contributed by atoms with Gasteiger partial charge in [-0.25, -0.2) is 0 Å². The smallest absolute Gasteiger partial charge is 0.282 e. The lowest BCUT2D eigenvalue weighted by Crippen LogP contribution is -2.22. The molecule has 0 heterocycles. The maximum atomic E-state index is 11.5. The van der Waals surface area contributed by atoms with Crippen molar-refractivity contribution in [2.45, 2.75) is 0 Å². The Balaban J connectivity index is 0.000000263. The summed E-state index contributed by atoms with van der Waals surface area (Å²) < 4.78 is 0. The minimum Gasteiger partial charge on any atom is -0.398 e. The Morgan fingerprint density at radius 3 is 1.73 bits per heavy atom. The summed E-state index contributed by atoms with van der Waals surface area (Å²) in [5.74, 6) is -0.426. The summed E-state index contributed by atoms with van der Waals surface area (Å²) in [6, 6.07) is 12.9. The Bertz CT molecular complexity index is 803. The monoisotopic (exact) mass is 358 g/mol. The number of nitrogens with zero attached hydrogens (tertiary/aromatic N) is 3. The molecule has 138 valence electrons. The standard InChI is InChI=1S/C9H10N2O3.C9H12N2O/c1-10(2)9(12)7-5-3-4-6-8(7)11(13)14;1-11(2)9(12)7-5-3-4-6-8(7)10/h3-6H,1-2H3;3-6H,10H2,1-2H3. The summed E-state index contributed by atoms with van der Waals surface area (Å²) >= 11 is 0. The number of hydrogen-bond acceptors (Lipinski definition) is 5. The molecule has 2 N–H and O–H groups in total. The first-order valence-electron chi connectivity index (χ1n) is 7.68. The zero-order valence-electron chi connectivity index (χ0n) is 15.2. The van der Waals surface area contributed by atoms with E-state index >= 15 is 0 Å². The van der Waals surface area contributed by atoms with Gasteiger partial charge in [0.1, 0.15) is 5.56 Å². The van der Waals surface area contributed by atoms with Crippen LogP contribution in [0.4, 0.5) is 11.4 Å². The van der Waals surface area contributed by atoms with Gasteiger partial charge < -0.3 is 15.5 Å². The van der Waals surface area contributed by atoms with Gasteiger partial charge in [-0.1, -0.05) is 24.3 Å². The molecular formula is C18H22N4O4. The van der Waals surface area contributed by atoms with Crippen LogP contribution in [-0.4, -0.2) is 54.7 Å². The van der Waals surface area contributed by atoms with Gasteiger partial charge in [-0.3, -0.25) is 19.7 Å². The molecule has 0 aliphatic rings. The number of benzene rings is 2. The molecule has 26 heavy (non-hydrogen) atoms. The summed E-state index contributed by atoms with van der Waals surface area (Å²) in [6.07, 6.45) is 0. The maximum Gasteiger partial charge on any atom is 0.282 e. The number of carbonyl (C=O) groups excluding carboxylic acids is 2. The molecule has 0 aliphatic carbocycles. The Hall–Kier alpha value is -3.42. The van der Waals surface area contributed by atoms with Crippen molar-refractivity contribution in [3.05, 3.63) is 69.8 Å². The van der Waals surface area contributed by atoms with E-state index in [0.29, 0.717) is 11.3 Å². The van der Waals surface area contributed by atoms with Gasteiger partial charge in [0.25, 0.3) is 17.5 Å². The Labute approximate surface area is 152 Å². The Morgan fingerprint density at radius 1 is 0.846 bits per heavy atom. The van der Waals surface area contributed by atoms with E-state index in [1.807, 2.05) is 6.07 Å². The molecule has 0 atom stereocenters. The molecule has 0 bridgehead atoms. The average molecular weight is 358 g/mol. The molecule has 0 fully saturated rings. The van der Waals surface area contributed by atoms with Gasteiger partial charge in [0.2, 0.25) is 0 Å². The summed E-state index contributed by atoms with van der Waals surface area (Å²) in [4.78, 5) is 35.7. The number of nitro groups is 1. The van der Waals surface area contributed by atoms with Crippen molar-refractivity contribution in [1.82, 2.24) is 9.80 Å². The quantitative estimate of drug-likeness (QED) is 0.514. The van der Waals surface area contributed by atoms with Crippen LogP contribution in [0.5, 0.6) is 0 Å². The lowest BCUT2D eigenvalue weighted by molar-refractivity contribution is -0.385. The van der Waals surface area contributed by atoms with E-state index in [0.717, 1.165) is 0 Å². The second-order valence-corrected chi connectivity index (χ2v) is 5.76. The molecular weight excluding hydrogens is 336 g/mol. The van der Waals surface area contributed by atoms with Crippen LogP contribution >= 0.6 is 0 Å². The summed E-state index contributed by atoms with van der Waals surface area (Å²) in [5.41, 5.74) is 6.65. The van der Waals surface area contributed by atoms with Gasteiger partial charge >= 0.3 is 0 Å². The van der Waals surface area contributed by atoms with Gasteiger partial charge in [0.15, 0.2) is 0 Å². The highest BCUT2D eigenvalue weighted by molar-refractivity contribution is 5.99. The first-order valence-corrected chi connectivity index (χ1v) is 7.68. The van der Waals surface area contributed by atoms with Crippen LogP contribution in [0.2, 0.25) is 0 Å². The number of nitrogen functional groups attached to an aromatic ring is 1. The predicted molar refractivity (Wildman–Crippen MR) is 100.0 cm³/mol. The van der Waals surface area contributed by atoms with E-state index in [1.54, 1.807) is 52.5 Å². The highest BCUT2D eigenvalue weighted by Crippen LogP contribution is 2.18. The van der Waals surface area contributed by atoms with Gasteiger partial charge in [-0.15, -0.1) is 0 Å². The Kier molecular flexibility index (Phi) is 7.27. The van der Waals surface area contributed by atoms with Crippen molar-refractivity contribution in [2.75, 3.05) is 33.9 Å². The van der Waals surface area contributed by atoms with Crippen molar-refractivity contribution in [1.29, 1.82) is 0 Å². The van der Waals surface area contributed by atoms with Crippen LogP contribution in [0.25, 0.3) is 0 Å². The van der Waals surface area contributed by atoms with E-state index < -0.39 is 4.92 Å². The maximum absolute atomic E-state index is 11.5. The second-order valence-electron chi connectivity index (χ2n) is 5.76. The predicted octanol–water partition coefficient (Wildman–Crippen LogP) is 2.27. The molecule has 0 unspecified atom stereocenters. The molecule has 2 amide bonds. The van der Waals surface area contributed by atoms with Crippen molar-refractivity contribution in [2.24, 2.45) is 0 Å². The van der Waals surface area contributed by atoms with E-state index in [9.17, 15) is 19.7 Å². The molecule has 2 aromatic carbocycles. The first kappa shape index (κ1) is 20.6. The molecule has 0 aromatic heterocycles. The van der Waals surface area contributed by atoms with Crippen molar-refractivity contribution < 1.29 is 14.5 Å². The van der Waals surface area contributed by atoms with Crippen LogP contribution in [-0.2, 0) is 0 Å². The van der Waals surface area contributed by atoms with Crippen LogP contribution in [0.15, 0.2) is 48.5 Å². The molecule has 0 saturated heterocycles. The summed E-state index contributed by atoms with van der Waals surface area (Å²) in [5, 5.41) is 10.6. The number of nitrogens with two attached hydrogens (primary N) is 1. The van der Waals surface area contributed by atoms with Crippen molar-refractivity contribution >= 4 is 23.2 Å². The van der Waals surface area contributed by atoms with Crippen LogP contribution in [0, 0.1) is 10.1 Å². The van der Waals surface area contributed by atoms with E-state index in [2.05, 4.69) is 0 Å². The minimum atomic E-state index is -0.559. The first-order chi connectivity index (χ1) is 12.2. The van der Waals surface area contributed by atoms with Gasteiger partial charge in [0, 0.05) is 39.9 Å². The number of amides is 2. The lowest BCUT2D eigenvalue weighted by atomic mass is 10.1. The number of para-hydroxylation sites is 2. The second kappa shape index (κ2) is 9.16. The topological polar surface area (TPSA) is 110 Å². The summed E-state index contributed by atoms with van der Waals surface area (Å²) in [7, 11) is 6.52. The van der Waals surface area contributed by atoms with E-state index in [-0.39, 0.29) is 23.1 Å². The zero-order chi connectivity index (χ0) is 19.9. The molecule has 0 saturated carbocycles. The van der Waals surface area contributed by atoms with Crippen LogP contribution < -0.4 is 5.73 Å². The highest BCUT2D eigenvalue weighted by Gasteiger charge is 2.19. The van der Waals surface area contributed by atoms with E-state index in [1.165, 1.54) is 28.0 Å². The van der Waals surface area contributed by atoms with Crippen molar-refractivity contribution in [3.8, 4) is 0 Å². The van der Waals surface area contributed by atoms with E-state index in [4.69, 9.17) is 5.73 Å². The highest BCUT2D eigenvalue weighted by atomic mass is 16.6. The number of nitro benzene ring substituents is 1. The fourth-order valence-electron chi connectivity index (χ4n) is 1.99. The lowest BCUT2D eigenvalue weighted by Gasteiger charge is -2.11. The molecule has 8 heteroatoms. The Morgan fingerprint density at radius 2 is 1.27 bits per heavy atom. The molecule has 0 spiro atoms. The minimum absolute atomic E-state index is 0.0619. The van der Waals surface area contributed by atoms with Crippen LogP contribution in [0.1, 0.15) is 20.7 Å².